The second kappa shape index (κ2) is 9.19. The van der Waals surface area contributed by atoms with E-state index >= 15 is 0 Å². The lowest BCUT2D eigenvalue weighted by atomic mass is 9.93. The van der Waals surface area contributed by atoms with Crippen LogP contribution in [0.4, 0.5) is 0 Å². The Kier molecular flexibility index (Phi) is 6.50. The maximum absolute atomic E-state index is 12.7. The minimum Gasteiger partial charge on any atom is -0.481 e. The number of benzene rings is 1. The molecule has 33 heavy (non-hydrogen) atoms. The fourth-order valence-electron chi connectivity index (χ4n) is 4.54. The maximum atomic E-state index is 12.7. The summed E-state index contributed by atoms with van der Waals surface area (Å²) in [5.41, 5.74) is 3.49. The van der Waals surface area contributed by atoms with Crippen LogP contribution in [0, 0.1) is 0 Å². The van der Waals surface area contributed by atoms with E-state index in [0.717, 1.165) is 39.5 Å². The summed E-state index contributed by atoms with van der Waals surface area (Å²) in [6, 6.07) is 9.44. The van der Waals surface area contributed by atoms with E-state index in [9.17, 15) is 18.3 Å². The SMILES string of the molecule is C=Cc1ccccc1/C=C(\C)Sc1c2n(c3nccc(S(C)(=O)=O)c13)CCCC2CC(=O)O. The first-order valence-corrected chi connectivity index (χ1v) is 13.4. The molecule has 6 nitrogen and oxygen atoms in total. The summed E-state index contributed by atoms with van der Waals surface area (Å²) in [6.45, 7) is 6.54. The lowest BCUT2D eigenvalue weighted by Gasteiger charge is -2.25. The number of aromatic nitrogens is 2. The van der Waals surface area contributed by atoms with Gasteiger partial charge in [-0.05, 0) is 47.9 Å². The minimum atomic E-state index is -3.51. The van der Waals surface area contributed by atoms with Crippen molar-refractivity contribution in [2.24, 2.45) is 0 Å². The molecule has 0 aliphatic carbocycles. The Hall–Kier alpha value is -2.84. The zero-order chi connectivity index (χ0) is 23.8. The molecule has 0 amide bonds. The van der Waals surface area contributed by atoms with E-state index in [-0.39, 0.29) is 17.2 Å². The van der Waals surface area contributed by atoms with Crippen molar-refractivity contribution >= 4 is 50.8 Å². The highest BCUT2D eigenvalue weighted by molar-refractivity contribution is 8.03. The van der Waals surface area contributed by atoms with Crippen molar-refractivity contribution in [3.8, 4) is 0 Å². The monoisotopic (exact) mass is 482 g/mol. The van der Waals surface area contributed by atoms with Gasteiger partial charge in [-0.3, -0.25) is 4.79 Å². The van der Waals surface area contributed by atoms with Gasteiger partial charge in [0.2, 0.25) is 0 Å². The van der Waals surface area contributed by atoms with Gasteiger partial charge in [0.05, 0.1) is 16.7 Å². The summed E-state index contributed by atoms with van der Waals surface area (Å²) in [6.07, 6.45) is 8.13. The van der Waals surface area contributed by atoms with Crippen molar-refractivity contribution in [1.29, 1.82) is 0 Å². The Morgan fingerprint density at radius 1 is 1.30 bits per heavy atom. The normalized spacial score (nSPS) is 16.5. The number of allylic oxidation sites excluding steroid dienone is 1. The van der Waals surface area contributed by atoms with Crippen LogP contribution >= 0.6 is 11.8 Å². The molecule has 8 heteroatoms. The number of hydrogen-bond acceptors (Lipinski definition) is 5. The van der Waals surface area contributed by atoms with E-state index in [2.05, 4.69) is 11.6 Å². The van der Waals surface area contributed by atoms with Gasteiger partial charge in [-0.2, -0.15) is 0 Å². The fourth-order valence-corrected chi connectivity index (χ4v) is 6.67. The van der Waals surface area contributed by atoms with Crippen LogP contribution in [0.2, 0.25) is 0 Å². The molecule has 1 N–H and O–H groups in total. The zero-order valence-corrected chi connectivity index (χ0v) is 20.2. The summed E-state index contributed by atoms with van der Waals surface area (Å²) in [5, 5.41) is 10.1. The third kappa shape index (κ3) is 4.63. The third-order valence-electron chi connectivity index (χ3n) is 5.88. The van der Waals surface area contributed by atoms with Crippen LogP contribution < -0.4 is 0 Å². The molecule has 4 rings (SSSR count). The highest BCUT2D eigenvalue weighted by Gasteiger charge is 2.32. The Morgan fingerprint density at radius 2 is 2.03 bits per heavy atom. The van der Waals surface area contributed by atoms with Gasteiger partial charge >= 0.3 is 5.97 Å². The number of sulfone groups is 1. The van der Waals surface area contributed by atoms with Gasteiger partial charge < -0.3 is 9.67 Å². The highest BCUT2D eigenvalue weighted by Crippen LogP contribution is 2.47. The molecule has 1 aliphatic rings. The van der Waals surface area contributed by atoms with Crippen LogP contribution in [0.1, 0.15) is 48.9 Å². The van der Waals surface area contributed by atoms with Crippen molar-refractivity contribution < 1.29 is 18.3 Å². The quantitative estimate of drug-likeness (QED) is 0.442. The molecule has 1 unspecified atom stereocenters. The topological polar surface area (TPSA) is 89.3 Å². The van der Waals surface area contributed by atoms with Gasteiger partial charge in [-0.15, -0.1) is 0 Å². The summed E-state index contributed by atoms with van der Waals surface area (Å²) in [4.78, 5) is 18.1. The van der Waals surface area contributed by atoms with E-state index in [4.69, 9.17) is 0 Å². The Bertz CT molecular complexity index is 1390. The number of hydrogen-bond donors (Lipinski definition) is 1. The van der Waals surface area contributed by atoms with Crippen LogP contribution in [-0.2, 0) is 21.2 Å². The van der Waals surface area contributed by atoms with E-state index in [1.165, 1.54) is 30.3 Å². The van der Waals surface area contributed by atoms with E-state index < -0.39 is 15.8 Å². The smallest absolute Gasteiger partial charge is 0.304 e. The average molecular weight is 483 g/mol. The summed E-state index contributed by atoms with van der Waals surface area (Å²) in [7, 11) is -3.51. The second-order valence-corrected chi connectivity index (χ2v) is 11.5. The van der Waals surface area contributed by atoms with Gasteiger partial charge in [0.1, 0.15) is 5.65 Å². The molecule has 1 aromatic carbocycles. The molecule has 0 fully saturated rings. The van der Waals surface area contributed by atoms with Gasteiger partial charge in [0.15, 0.2) is 9.84 Å². The van der Waals surface area contributed by atoms with Gasteiger partial charge in [0.25, 0.3) is 0 Å². The van der Waals surface area contributed by atoms with Gasteiger partial charge in [-0.25, -0.2) is 13.4 Å². The van der Waals surface area contributed by atoms with Gasteiger partial charge in [-0.1, -0.05) is 48.7 Å². The predicted octanol–water partition coefficient (Wildman–Crippen LogP) is 5.59. The Morgan fingerprint density at radius 3 is 2.70 bits per heavy atom. The number of rotatable bonds is 7. The number of pyridine rings is 1. The molecule has 3 aromatic rings. The summed E-state index contributed by atoms with van der Waals surface area (Å²) in [5.74, 6) is -1.06. The highest BCUT2D eigenvalue weighted by atomic mass is 32.2. The van der Waals surface area contributed by atoms with Crippen molar-refractivity contribution in [2.75, 3.05) is 6.26 Å². The molecular formula is C25H26N2O4S2. The second-order valence-electron chi connectivity index (χ2n) is 8.27. The molecule has 172 valence electrons. The molecule has 0 saturated heterocycles. The number of carboxylic acid groups (broad SMARTS) is 1. The molecule has 0 spiro atoms. The number of carbonyl (C=O) groups is 1. The molecule has 3 heterocycles. The Labute approximate surface area is 198 Å². The first-order chi connectivity index (χ1) is 15.7. The van der Waals surface area contributed by atoms with Crippen LogP contribution in [0.15, 0.2) is 57.8 Å². The van der Waals surface area contributed by atoms with Crippen LogP contribution in [-0.4, -0.2) is 35.3 Å². The maximum Gasteiger partial charge on any atom is 0.304 e. The standard InChI is InChI=1S/C25H26N2O4S2/c1-4-17-8-5-6-9-18(17)14-16(2)32-24-22-20(33(3,30)31)11-12-26-25(22)27-13-7-10-19(23(24)27)15-21(28)29/h4-6,8-9,11-12,14,19H,1,7,10,13,15H2,2-3H3,(H,28,29)/b16-14+. The van der Waals surface area contributed by atoms with Crippen LogP contribution in [0.3, 0.4) is 0 Å². The number of nitrogens with zero attached hydrogens (tertiary/aromatic N) is 2. The summed E-state index contributed by atoms with van der Waals surface area (Å²) < 4.78 is 27.4. The van der Waals surface area contributed by atoms with Gasteiger partial charge in [0, 0.05) is 35.5 Å². The molecule has 0 radical (unpaired) electrons. The molecular weight excluding hydrogens is 456 g/mol. The first-order valence-electron chi connectivity index (χ1n) is 10.7. The predicted molar refractivity (Wildman–Crippen MR) is 133 cm³/mol. The van der Waals surface area contributed by atoms with Crippen molar-refractivity contribution in [2.45, 2.75) is 48.4 Å². The molecule has 1 atom stereocenters. The number of carboxylic acids is 1. The molecule has 0 bridgehead atoms. The van der Waals surface area contributed by atoms with Crippen molar-refractivity contribution in [3.63, 3.8) is 0 Å². The number of thioether (sulfide) groups is 1. The summed E-state index contributed by atoms with van der Waals surface area (Å²) >= 11 is 1.48. The van der Waals surface area contributed by atoms with E-state index in [1.807, 2.05) is 41.8 Å². The molecule has 1 aliphatic heterocycles. The lowest BCUT2D eigenvalue weighted by molar-refractivity contribution is -0.137. The first kappa shape index (κ1) is 23.3. The lowest BCUT2D eigenvalue weighted by Crippen LogP contribution is -2.18. The fraction of sp³-hybridized carbons (Fsp3) is 0.280. The zero-order valence-electron chi connectivity index (χ0n) is 18.6. The third-order valence-corrected chi connectivity index (χ3v) is 8.07. The number of fused-ring (bicyclic) bond motifs is 3. The largest absolute Gasteiger partial charge is 0.481 e. The van der Waals surface area contributed by atoms with Crippen molar-refractivity contribution in [1.82, 2.24) is 9.55 Å². The number of aryl methyl sites for hydroxylation is 1. The molecule has 2 aromatic heterocycles. The van der Waals surface area contributed by atoms with E-state index in [1.54, 1.807) is 6.08 Å². The molecule has 0 saturated carbocycles. The minimum absolute atomic E-state index is 0.000149. The number of aliphatic carboxylic acids is 1. The van der Waals surface area contributed by atoms with Crippen LogP contribution in [0.5, 0.6) is 0 Å². The Balaban J connectivity index is 1.95. The van der Waals surface area contributed by atoms with Crippen molar-refractivity contribution in [3.05, 3.63) is 64.8 Å². The van der Waals surface area contributed by atoms with E-state index in [0.29, 0.717) is 17.6 Å². The van der Waals surface area contributed by atoms with Crippen LogP contribution in [0.25, 0.3) is 23.2 Å². The average Bonchev–Trinajstić information content (AvgIpc) is 3.07.